The largest absolute Gasteiger partial charge is 0.294 e. The summed E-state index contributed by atoms with van der Waals surface area (Å²) in [5.74, 6) is 0. The van der Waals surface area contributed by atoms with Gasteiger partial charge in [0.15, 0.2) is 5.43 Å². The van der Waals surface area contributed by atoms with Crippen LogP contribution >= 0.6 is 0 Å². The van der Waals surface area contributed by atoms with Crippen molar-refractivity contribution in [2.45, 2.75) is 13.8 Å². The molecule has 0 radical (unpaired) electrons. The lowest BCUT2D eigenvalue weighted by molar-refractivity contribution is 1.06. The van der Waals surface area contributed by atoms with Gasteiger partial charge in [-0.25, -0.2) is 4.98 Å². The van der Waals surface area contributed by atoms with Crippen molar-refractivity contribution in [1.29, 1.82) is 0 Å². The van der Waals surface area contributed by atoms with Gasteiger partial charge in [0, 0.05) is 18.0 Å². The molecule has 4 aromatic rings. The molecular formula is C22H18N2O. The average Bonchev–Trinajstić information content (AvgIpc) is 2.61. The van der Waals surface area contributed by atoms with Crippen LogP contribution in [0.15, 0.2) is 77.7 Å². The van der Waals surface area contributed by atoms with E-state index in [9.17, 15) is 4.79 Å². The first-order valence-electron chi connectivity index (χ1n) is 8.28. The van der Waals surface area contributed by atoms with E-state index >= 15 is 0 Å². The van der Waals surface area contributed by atoms with Crippen molar-refractivity contribution in [3.05, 3.63) is 94.3 Å². The Morgan fingerprint density at radius 3 is 2.28 bits per heavy atom. The Hall–Kier alpha value is -3.20. The van der Waals surface area contributed by atoms with Gasteiger partial charge in [0.2, 0.25) is 0 Å². The van der Waals surface area contributed by atoms with E-state index in [1.54, 1.807) is 18.3 Å². The zero-order valence-corrected chi connectivity index (χ0v) is 14.2. The van der Waals surface area contributed by atoms with Crippen LogP contribution in [0, 0.1) is 13.8 Å². The van der Waals surface area contributed by atoms with Gasteiger partial charge in [-0.1, -0.05) is 36.4 Å². The molecule has 2 aromatic heterocycles. The molecule has 3 heteroatoms. The van der Waals surface area contributed by atoms with E-state index in [1.807, 2.05) is 36.4 Å². The molecule has 2 aromatic carbocycles. The van der Waals surface area contributed by atoms with Crippen LogP contribution in [0.5, 0.6) is 0 Å². The van der Waals surface area contributed by atoms with E-state index in [4.69, 9.17) is 0 Å². The van der Waals surface area contributed by atoms with E-state index in [1.165, 1.54) is 11.1 Å². The predicted octanol–water partition coefficient (Wildman–Crippen LogP) is 4.67. The van der Waals surface area contributed by atoms with Crippen LogP contribution in [0.3, 0.4) is 0 Å². The number of benzene rings is 2. The summed E-state index contributed by atoms with van der Waals surface area (Å²) in [6.45, 7) is 4.16. The summed E-state index contributed by atoms with van der Waals surface area (Å²) in [4.78, 5) is 17.2. The second-order valence-electron chi connectivity index (χ2n) is 6.32. The Bertz CT molecular complexity index is 1110. The fourth-order valence-corrected chi connectivity index (χ4v) is 3.31. The van der Waals surface area contributed by atoms with Gasteiger partial charge in [-0.15, -0.1) is 0 Å². The van der Waals surface area contributed by atoms with Crippen molar-refractivity contribution in [3.63, 3.8) is 0 Å². The third-order valence-electron chi connectivity index (χ3n) is 4.31. The van der Waals surface area contributed by atoms with Crippen LogP contribution in [0.25, 0.3) is 28.0 Å². The Labute approximate surface area is 146 Å². The molecule has 3 nitrogen and oxygen atoms in total. The molecule has 0 saturated carbocycles. The number of hydrogen-bond acceptors (Lipinski definition) is 2. The van der Waals surface area contributed by atoms with Crippen molar-refractivity contribution in [2.75, 3.05) is 0 Å². The lowest BCUT2D eigenvalue weighted by atomic mass is 10.1. The van der Waals surface area contributed by atoms with E-state index in [0.29, 0.717) is 11.0 Å². The van der Waals surface area contributed by atoms with Crippen LogP contribution in [0.1, 0.15) is 11.1 Å². The molecular weight excluding hydrogens is 308 g/mol. The number of rotatable bonds is 2. The Kier molecular flexibility index (Phi) is 3.69. The van der Waals surface area contributed by atoms with E-state index in [-0.39, 0.29) is 5.43 Å². The molecule has 0 fully saturated rings. The van der Waals surface area contributed by atoms with Gasteiger partial charge in [0.25, 0.3) is 0 Å². The number of nitrogens with zero attached hydrogens (tertiary/aromatic N) is 2. The molecule has 0 unspecified atom stereocenters. The fourth-order valence-electron chi connectivity index (χ4n) is 3.31. The summed E-state index contributed by atoms with van der Waals surface area (Å²) in [6.07, 6.45) is 1.73. The predicted molar refractivity (Wildman–Crippen MR) is 102 cm³/mol. The normalized spacial score (nSPS) is 11.0. The van der Waals surface area contributed by atoms with Crippen LogP contribution in [-0.2, 0) is 0 Å². The molecule has 4 rings (SSSR count). The summed E-state index contributed by atoms with van der Waals surface area (Å²) >= 11 is 0. The second kappa shape index (κ2) is 6.02. The van der Waals surface area contributed by atoms with Gasteiger partial charge < -0.3 is 0 Å². The molecule has 25 heavy (non-hydrogen) atoms. The lowest BCUT2D eigenvalue weighted by Gasteiger charge is -2.17. The van der Waals surface area contributed by atoms with Crippen LogP contribution < -0.4 is 5.43 Å². The van der Waals surface area contributed by atoms with Crippen molar-refractivity contribution in [3.8, 4) is 16.9 Å². The maximum atomic E-state index is 12.6. The molecule has 0 N–H and O–H groups in total. The molecule has 122 valence electrons. The molecule has 0 bridgehead atoms. The molecule has 0 spiro atoms. The molecule has 0 aliphatic carbocycles. The SMILES string of the molecule is Cc1cc(C)cc(-n2c(-c3ccccc3)cc(=O)c3cccnc32)c1. The van der Waals surface area contributed by atoms with E-state index < -0.39 is 0 Å². The summed E-state index contributed by atoms with van der Waals surface area (Å²) in [5, 5.41) is 0.626. The summed E-state index contributed by atoms with van der Waals surface area (Å²) in [5.41, 5.74) is 5.88. The van der Waals surface area contributed by atoms with Gasteiger partial charge in [-0.3, -0.25) is 9.36 Å². The Morgan fingerprint density at radius 1 is 0.840 bits per heavy atom. The quantitative estimate of drug-likeness (QED) is 0.536. The monoisotopic (exact) mass is 326 g/mol. The zero-order chi connectivity index (χ0) is 17.4. The minimum absolute atomic E-state index is 0.0115. The first kappa shape index (κ1) is 15.3. The number of fused-ring (bicyclic) bond motifs is 1. The van der Waals surface area contributed by atoms with Crippen LogP contribution in [0.2, 0.25) is 0 Å². The summed E-state index contributed by atoms with van der Waals surface area (Å²) < 4.78 is 2.08. The zero-order valence-electron chi connectivity index (χ0n) is 14.2. The van der Waals surface area contributed by atoms with E-state index in [2.05, 4.69) is 41.6 Å². The smallest absolute Gasteiger partial charge is 0.191 e. The van der Waals surface area contributed by atoms with Gasteiger partial charge in [-0.05, 0) is 54.8 Å². The maximum Gasteiger partial charge on any atom is 0.191 e. The van der Waals surface area contributed by atoms with Gasteiger partial charge in [0.1, 0.15) is 5.65 Å². The number of aromatic nitrogens is 2. The topological polar surface area (TPSA) is 34.9 Å². The highest BCUT2D eigenvalue weighted by Crippen LogP contribution is 2.26. The van der Waals surface area contributed by atoms with Gasteiger partial charge in [0.05, 0.1) is 11.1 Å². The van der Waals surface area contributed by atoms with Crippen LogP contribution in [-0.4, -0.2) is 9.55 Å². The fraction of sp³-hybridized carbons (Fsp3) is 0.0909. The minimum Gasteiger partial charge on any atom is -0.294 e. The highest BCUT2D eigenvalue weighted by Gasteiger charge is 2.13. The van der Waals surface area contributed by atoms with Crippen molar-refractivity contribution < 1.29 is 0 Å². The molecule has 0 amide bonds. The first-order chi connectivity index (χ1) is 12.1. The molecule has 2 heterocycles. The molecule has 0 aliphatic rings. The Morgan fingerprint density at radius 2 is 1.56 bits per heavy atom. The number of hydrogen-bond donors (Lipinski definition) is 0. The summed E-state index contributed by atoms with van der Waals surface area (Å²) in [7, 11) is 0. The van der Waals surface area contributed by atoms with Crippen molar-refractivity contribution in [2.24, 2.45) is 0 Å². The highest BCUT2D eigenvalue weighted by molar-refractivity contribution is 5.81. The second-order valence-corrected chi connectivity index (χ2v) is 6.32. The van der Waals surface area contributed by atoms with Crippen molar-refractivity contribution in [1.82, 2.24) is 9.55 Å². The molecule has 0 aliphatic heterocycles. The third-order valence-corrected chi connectivity index (χ3v) is 4.31. The van der Waals surface area contributed by atoms with Crippen molar-refractivity contribution >= 4 is 11.0 Å². The molecule has 0 saturated heterocycles. The third kappa shape index (κ3) is 2.74. The van der Waals surface area contributed by atoms with Crippen LogP contribution in [0.4, 0.5) is 0 Å². The standard InChI is InChI=1S/C22H18N2O/c1-15-11-16(2)13-18(12-15)24-20(17-7-4-3-5-8-17)14-21(25)19-9-6-10-23-22(19)24/h3-14H,1-2H3. The number of pyridine rings is 2. The highest BCUT2D eigenvalue weighted by atomic mass is 16.1. The minimum atomic E-state index is -0.0115. The maximum absolute atomic E-state index is 12.6. The first-order valence-corrected chi connectivity index (χ1v) is 8.28. The van der Waals surface area contributed by atoms with Gasteiger partial charge in [-0.2, -0.15) is 0 Å². The lowest BCUT2D eigenvalue weighted by Crippen LogP contribution is -2.12. The van der Waals surface area contributed by atoms with E-state index in [0.717, 1.165) is 16.9 Å². The summed E-state index contributed by atoms with van der Waals surface area (Å²) in [6, 6.07) is 21.7. The van der Waals surface area contributed by atoms with Gasteiger partial charge >= 0.3 is 0 Å². The average molecular weight is 326 g/mol. The Balaban J connectivity index is 2.17. The molecule has 0 atom stereocenters. The number of aryl methyl sites for hydroxylation is 2.